The average Bonchev–Trinajstić information content (AvgIpc) is 2.91. The summed E-state index contributed by atoms with van der Waals surface area (Å²) >= 11 is 0. The number of phenolic OH excluding ortho intramolecular Hbond substituents is 1. The SMILES string of the molecule is C#CCCN(CCC)CCCCOc1ccc(C2c3ccc(O)cc3OCC2c2ccccc2)cc1. The average molecular weight is 484 g/mol. The molecule has 0 spiro atoms. The van der Waals surface area contributed by atoms with E-state index >= 15 is 0 Å². The molecule has 0 aliphatic carbocycles. The molecule has 4 nitrogen and oxygen atoms in total. The number of nitrogens with zero attached hydrogens (tertiary/aromatic N) is 1. The molecule has 0 saturated carbocycles. The van der Waals surface area contributed by atoms with E-state index in [1.54, 1.807) is 12.1 Å². The van der Waals surface area contributed by atoms with Crippen molar-refractivity contribution in [3.63, 3.8) is 0 Å². The number of hydrogen-bond donors (Lipinski definition) is 1. The van der Waals surface area contributed by atoms with Gasteiger partial charge in [-0.15, -0.1) is 12.3 Å². The highest BCUT2D eigenvalue weighted by Crippen LogP contribution is 2.47. The van der Waals surface area contributed by atoms with Crippen molar-refractivity contribution in [1.82, 2.24) is 4.90 Å². The van der Waals surface area contributed by atoms with Crippen molar-refractivity contribution in [1.29, 1.82) is 0 Å². The van der Waals surface area contributed by atoms with E-state index in [0.717, 1.165) is 62.4 Å². The maximum atomic E-state index is 9.97. The van der Waals surface area contributed by atoms with Crippen LogP contribution in [0.5, 0.6) is 17.2 Å². The summed E-state index contributed by atoms with van der Waals surface area (Å²) in [5.41, 5.74) is 3.57. The first kappa shape index (κ1) is 25.7. The van der Waals surface area contributed by atoms with Gasteiger partial charge in [0.1, 0.15) is 17.2 Å². The number of ether oxygens (including phenoxy) is 2. The van der Waals surface area contributed by atoms with E-state index in [1.807, 2.05) is 12.1 Å². The Bertz CT molecular complexity index is 1120. The second-order valence-electron chi connectivity index (χ2n) is 9.45. The Balaban J connectivity index is 1.40. The fourth-order valence-electron chi connectivity index (χ4n) is 5.07. The Morgan fingerprint density at radius 2 is 1.78 bits per heavy atom. The molecular weight excluding hydrogens is 446 g/mol. The zero-order valence-electron chi connectivity index (χ0n) is 21.2. The van der Waals surface area contributed by atoms with Gasteiger partial charge in [0.15, 0.2) is 0 Å². The number of benzene rings is 3. The highest BCUT2D eigenvalue weighted by Gasteiger charge is 2.33. The summed E-state index contributed by atoms with van der Waals surface area (Å²) in [4.78, 5) is 2.45. The van der Waals surface area contributed by atoms with Gasteiger partial charge in [-0.05, 0) is 61.7 Å². The van der Waals surface area contributed by atoms with Crippen LogP contribution >= 0.6 is 0 Å². The van der Waals surface area contributed by atoms with Crippen LogP contribution in [0.3, 0.4) is 0 Å². The van der Waals surface area contributed by atoms with Gasteiger partial charge in [0.25, 0.3) is 0 Å². The van der Waals surface area contributed by atoms with Crippen LogP contribution in [-0.2, 0) is 0 Å². The molecule has 0 saturated heterocycles. The molecule has 3 aromatic rings. The third-order valence-electron chi connectivity index (χ3n) is 6.87. The summed E-state index contributed by atoms with van der Waals surface area (Å²) in [5, 5.41) is 9.97. The lowest BCUT2D eigenvalue weighted by Crippen LogP contribution is -2.27. The molecule has 1 N–H and O–H groups in total. The lowest BCUT2D eigenvalue weighted by Gasteiger charge is -2.34. The Morgan fingerprint density at radius 1 is 0.972 bits per heavy atom. The van der Waals surface area contributed by atoms with E-state index in [2.05, 4.69) is 66.3 Å². The standard InChI is InChI=1S/C32H37NO3/c1-3-5-20-33(19-4-2)21-9-10-22-35-28-16-13-26(14-17-28)32-29-18-15-27(34)23-31(29)36-24-30(32)25-11-7-6-8-12-25/h1,6-8,11-18,23,30,32,34H,4-5,9-10,19-22,24H2,2H3. The van der Waals surface area contributed by atoms with Crippen LogP contribution in [0.15, 0.2) is 72.8 Å². The molecule has 0 radical (unpaired) electrons. The number of terminal acetylenes is 1. The number of phenols is 1. The van der Waals surface area contributed by atoms with Crippen molar-refractivity contribution >= 4 is 0 Å². The van der Waals surface area contributed by atoms with Gasteiger partial charge >= 0.3 is 0 Å². The van der Waals surface area contributed by atoms with E-state index in [0.29, 0.717) is 13.2 Å². The molecule has 188 valence electrons. The third-order valence-corrected chi connectivity index (χ3v) is 6.87. The number of fused-ring (bicyclic) bond motifs is 1. The van der Waals surface area contributed by atoms with E-state index in [4.69, 9.17) is 15.9 Å². The Labute approximate surface area is 215 Å². The normalized spacial score (nSPS) is 16.7. The van der Waals surface area contributed by atoms with E-state index < -0.39 is 0 Å². The van der Waals surface area contributed by atoms with Gasteiger partial charge in [-0.25, -0.2) is 0 Å². The van der Waals surface area contributed by atoms with Crippen LogP contribution in [0, 0.1) is 12.3 Å². The van der Waals surface area contributed by atoms with Crippen LogP contribution in [-0.4, -0.2) is 42.9 Å². The molecule has 1 heterocycles. The fraction of sp³-hybridized carbons (Fsp3) is 0.375. The molecule has 0 aromatic heterocycles. The summed E-state index contributed by atoms with van der Waals surface area (Å²) in [6.45, 7) is 6.63. The third kappa shape index (κ3) is 6.62. The molecule has 2 atom stereocenters. The predicted molar refractivity (Wildman–Crippen MR) is 146 cm³/mol. The molecule has 0 fully saturated rings. The van der Waals surface area contributed by atoms with Crippen molar-refractivity contribution < 1.29 is 14.6 Å². The molecule has 0 amide bonds. The number of aromatic hydroxyl groups is 1. The predicted octanol–water partition coefficient (Wildman–Crippen LogP) is 6.59. The van der Waals surface area contributed by atoms with Crippen molar-refractivity contribution in [2.24, 2.45) is 0 Å². The lowest BCUT2D eigenvalue weighted by atomic mass is 9.76. The zero-order chi connectivity index (χ0) is 25.2. The van der Waals surface area contributed by atoms with Crippen molar-refractivity contribution in [2.75, 3.05) is 32.8 Å². The molecule has 36 heavy (non-hydrogen) atoms. The van der Waals surface area contributed by atoms with Crippen LogP contribution in [0.2, 0.25) is 0 Å². The molecular formula is C32H37NO3. The fourth-order valence-corrected chi connectivity index (χ4v) is 5.07. The van der Waals surface area contributed by atoms with E-state index in [1.165, 1.54) is 11.1 Å². The minimum atomic E-state index is 0.137. The molecule has 1 aliphatic rings. The monoisotopic (exact) mass is 483 g/mol. The second kappa shape index (κ2) is 13.0. The van der Waals surface area contributed by atoms with Crippen LogP contribution in [0.4, 0.5) is 0 Å². The minimum Gasteiger partial charge on any atom is -0.508 e. The molecule has 4 heteroatoms. The number of rotatable bonds is 12. The summed E-state index contributed by atoms with van der Waals surface area (Å²) in [6.07, 6.45) is 9.51. The topological polar surface area (TPSA) is 41.9 Å². The van der Waals surface area contributed by atoms with Gasteiger partial charge in [0.2, 0.25) is 0 Å². The first-order valence-corrected chi connectivity index (χ1v) is 13.1. The quantitative estimate of drug-likeness (QED) is 0.233. The second-order valence-corrected chi connectivity index (χ2v) is 9.45. The highest BCUT2D eigenvalue weighted by atomic mass is 16.5. The van der Waals surface area contributed by atoms with Gasteiger partial charge in [0.05, 0.1) is 13.2 Å². The smallest absolute Gasteiger partial charge is 0.126 e. The van der Waals surface area contributed by atoms with Crippen LogP contribution in [0.1, 0.15) is 61.1 Å². The van der Waals surface area contributed by atoms with Crippen LogP contribution < -0.4 is 9.47 Å². The summed E-state index contributed by atoms with van der Waals surface area (Å²) in [6, 6.07) is 24.4. The molecule has 4 rings (SSSR count). The number of unbranched alkanes of at least 4 members (excludes halogenated alkanes) is 1. The van der Waals surface area contributed by atoms with Gasteiger partial charge in [-0.1, -0.05) is 55.5 Å². The highest BCUT2D eigenvalue weighted by molar-refractivity contribution is 5.50. The van der Waals surface area contributed by atoms with Gasteiger partial charge in [-0.2, -0.15) is 0 Å². The Morgan fingerprint density at radius 3 is 2.53 bits per heavy atom. The molecule has 3 aromatic carbocycles. The lowest BCUT2D eigenvalue weighted by molar-refractivity contribution is 0.247. The minimum absolute atomic E-state index is 0.137. The maximum Gasteiger partial charge on any atom is 0.126 e. The zero-order valence-corrected chi connectivity index (χ0v) is 21.2. The van der Waals surface area contributed by atoms with Gasteiger partial charge in [0, 0.05) is 36.4 Å². The number of hydrogen-bond acceptors (Lipinski definition) is 4. The summed E-state index contributed by atoms with van der Waals surface area (Å²) < 4.78 is 12.1. The maximum absolute atomic E-state index is 9.97. The summed E-state index contributed by atoms with van der Waals surface area (Å²) in [5.74, 6) is 4.95. The Kier molecular flexibility index (Phi) is 9.30. The van der Waals surface area contributed by atoms with Crippen molar-refractivity contribution in [2.45, 2.75) is 44.4 Å². The van der Waals surface area contributed by atoms with Crippen molar-refractivity contribution in [3.05, 3.63) is 89.5 Å². The largest absolute Gasteiger partial charge is 0.508 e. The van der Waals surface area contributed by atoms with Crippen LogP contribution in [0.25, 0.3) is 0 Å². The first-order chi connectivity index (χ1) is 17.7. The van der Waals surface area contributed by atoms with E-state index in [-0.39, 0.29) is 17.6 Å². The van der Waals surface area contributed by atoms with E-state index in [9.17, 15) is 5.11 Å². The molecule has 1 aliphatic heterocycles. The molecule has 2 unspecified atom stereocenters. The first-order valence-electron chi connectivity index (χ1n) is 13.1. The molecule has 0 bridgehead atoms. The Hall–Kier alpha value is -3.42. The summed E-state index contributed by atoms with van der Waals surface area (Å²) in [7, 11) is 0. The van der Waals surface area contributed by atoms with Crippen molar-refractivity contribution in [3.8, 4) is 29.6 Å². The van der Waals surface area contributed by atoms with Gasteiger partial charge < -0.3 is 19.5 Å². The van der Waals surface area contributed by atoms with Gasteiger partial charge in [-0.3, -0.25) is 0 Å².